The minimum Gasteiger partial charge on any atom is -0.376 e. The minimum absolute atomic E-state index is 0.0440. The molecule has 3 N–H and O–H groups in total. The number of benzene rings is 1. The molecule has 1 aromatic carbocycles. The molecule has 4 amide bonds. The molecule has 0 aromatic heterocycles. The summed E-state index contributed by atoms with van der Waals surface area (Å²) >= 11 is 0. The standard InChI is InChI=1S/C23H28N4O6/c28-19-4-3-18(20(29)26-19)27-21(30)16-2-1-14(9-17(16)22(27)31)10-25-11-15-12-32-13-23(33-15)5-7-24-8-6-23/h1-2,9,15,18,24-25H,3-8,10-13H2,(H,26,28,29). The molecule has 2 atom stereocenters. The van der Waals surface area contributed by atoms with Crippen LogP contribution in [0.1, 0.15) is 52.0 Å². The third kappa shape index (κ3) is 4.31. The van der Waals surface area contributed by atoms with Crippen molar-refractivity contribution < 1.29 is 28.7 Å². The van der Waals surface area contributed by atoms with Gasteiger partial charge in [0.25, 0.3) is 11.8 Å². The van der Waals surface area contributed by atoms with Crippen molar-refractivity contribution in [3.05, 3.63) is 34.9 Å². The first-order chi connectivity index (χ1) is 16.0. The molecule has 4 aliphatic heterocycles. The number of hydrogen-bond donors (Lipinski definition) is 3. The molecule has 10 nitrogen and oxygen atoms in total. The molecule has 4 heterocycles. The summed E-state index contributed by atoms with van der Waals surface area (Å²) in [5, 5.41) is 8.92. The van der Waals surface area contributed by atoms with Crippen molar-refractivity contribution in [1.29, 1.82) is 0 Å². The summed E-state index contributed by atoms with van der Waals surface area (Å²) in [6, 6.07) is 4.17. The highest BCUT2D eigenvalue weighted by Gasteiger charge is 2.44. The van der Waals surface area contributed by atoms with E-state index in [-0.39, 0.29) is 41.6 Å². The van der Waals surface area contributed by atoms with Gasteiger partial charge < -0.3 is 20.1 Å². The SMILES string of the molecule is O=C1CCC(N2C(=O)c3ccc(CNCC4COCC5(CCNCC5)O4)cc3C2=O)C(=O)N1. The first kappa shape index (κ1) is 22.1. The third-order valence-electron chi connectivity index (χ3n) is 6.81. The predicted octanol–water partition coefficient (Wildman–Crippen LogP) is -0.285. The number of nitrogens with one attached hydrogen (secondary N) is 3. The van der Waals surface area contributed by atoms with Crippen LogP contribution in [0, 0.1) is 0 Å². The summed E-state index contributed by atoms with van der Waals surface area (Å²) in [5.74, 6) is -1.99. The minimum atomic E-state index is -0.956. The molecule has 0 bridgehead atoms. The van der Waals surface area contributed by atoms with Crippen LogP contribution in [0.4, 0.5) is 0 Å². The number of rotatable bonds is 5. The highest BCUT2D eigenvalue weighted by Crippen LogP contribution is 2.30. The fraction of sp³-hybridized carbons (Fsp3) is 0.565. The van der Waals surface area contributed by atoms with Gasteiger partial charge in [0.2, 0.25) is 11.8 Å². The maximum absolute atomic E-state index is 13.0. The number of carbonyl (C=O) groups excluding carboxylic acids is 4. The van der Waals surface area contributed by atoms with Crippen molar-refractivity contribution in [3.63, 3.8) is 0 Å². The van der Waals surface area contributed by atoms with Crippen molar-refractivity contribution in [1.82, 2.24) is 20.9 Å². The molecule has 3 fully saturated rings. The molecule has 1 spiro atoms. The summed E-state index contributed by atoms with van der Waals surface area (Å²) in [7, 11) is 0. The number of nitrogens with zero attached hydrogens (tertiary/aromatic N) is 1. The number of fused-ring (bicyclic) bond motifs is 1. The third-order valence-corrected chi connectivity index (χ3v) is 6.81. The Bertz CT molecular complexity index is 984. The molecule has 33 heavy (non-hydrogen) atoms. The van der Waals surface area contributed by atoms with Crippen LogP contribution in [0.25, 0.3) is 0 Å². The maximum atomic E-state index is 13.0. The monoisotopic (exact) mass is 456 g/mol. The van der Waals surface area contributed by atoms with E-state index in [0.717, 1.165) is 36.4 Å². The Balaban J connectivity index is 1.20. The molecule has 0 saturated carbocycles. The number of carbonyl (C=O) groups is 4. The first-order valence-corrected chi connectivity index (χ1v) is 11.5. The van der Waals surface area contributed by atoms with Gasteiger partial charge in [0, 0.05) is 19.5 Å². The topological polar surface area (TPSA) is 126 Å². The van der Waals surface area contributed by atoms with E-state index in [1.807, 2.05) is 0 Å². The van der Waals surface area contributed by atoms with Crippen LogP contribution in [-0.4, -0.2) is 79.1 Å². The lowest BCUT2D eigenvalue weighted by Crippen LogP contribution is -2.55. The van der Waals surface area contributed by atoms with Crippen LogP contribution >= 0.6 is 0 Å². The van der Waals surface area contributed by atoms with E-state index in [9.17, 15) is 19.2 Å². The fourth-order valence-electron chi connectivity index (χ4n) is 5.05. The number of ether oxygens (including phenoxy) is 2. The Kier molecular flexibility index (Phi) is 6.00. The highest BCUT2D eigenvalue weighted by atomic mass is 16.6. The van der Waals surface area contributed by atoms with Gasteiger partial charge >= 0.3 is 0 Å². The van der Waals surface area contributed by atoms with Gasteiger partial charge in [0.15, 0.2) is 0 Å². The zero-order chi connectivity index (χ0) is 23.0. The van der Waals surface area contributed by atoms with Crippen LogP contribution in [0.15, 0.2) is 18.2 Å². The first-order valence-electron chi connectivity index (χ1n) is 11.5. The molecule has 0 aliphatic carbocycles. The Labute approximate surface area is 191 Å². The van der Waals surface area contributed by atoms with E-state index in [4.69, 9.17) is 9.47 Å². The second-order valence-electron chi connectivity index (χ2n) is 9.15. The van der Waals surface area contributed by atoms with E-state index < -0.39 is 23.8 Å². The zero-order valence-corrected chi connectivity index (χ0v) is 18.4. The average molecular weight is 456 g/mol. The fourth-order valence-corrected chi connectivity index (χ4v) is 5.05. The van der Waals surface area contributed by atoms with E-state index in [0.29, 0.717) is 26.3 Å². The number of piperidine rings is 2. The lowest BCUT2D eigenvalue weighted by Gasteiger charge is -2.43. The molecule has 10 heteroatoms. The molecular formula is C23H28N4O6. The quantitative estimate of drug-likeness (QED) is 0.517. The molecular weight excluding hydrogens is 428 g/mol. The Morgan fingerprint density at radius 1 is 1.09 bits per heavy atom. The normalized spacial score (nSPS) is 27.1. The van der Waals surface area contributed by atoms with Crippen molar-refractivity contribution in [3.8, 4) is 0 Å². The van der Waals surface area contributed by atoms with Crippen LogP contribution in [0.5, 0.6) is 0 Å². The van der Waals surface area contributed by atoms with Gasteiger partial charge in [-0.1, -0.05) is 6.07 Å². The van der Waals surface area contributed by atoms with E-state index in [1.165, 1.54) is 0 Å². The average Bonchev–Trinajstić information content (AvgIpc) is 3.04. The van der Waals surface area contributed by atoms with Crippen LogP contribution < -0.4 is 16.0 Å². The molecule has 1 aromatic rings. The van der Waals surface area contributed by atoms with Crippen molar-refractivity contribution in [2.45, 2.75) is 50.0 Å². The van der Waals surface area contributed by atoms with Gasteiger partial charge in [0.05, 0.1) is 36.0 Å². The zero-order valence-electron chi connectivity index (χ0n) is 18.4. The lowest BCUT2D eigenvalue weighted by molar-refractivity contribution is -0.206. The number of amides is 4. The second-order valence-corrected chi connectivity index (χ2v) is 9.15. The van der Waals surface area contributed by atoms with Gasteiger partial charge in [0.1, 0.15) is 6.04 Å². The van der Waals surface area contributed by atoms with Crippen LogP contribution in [0.3, 0.4) is 0 Å². The highest BCUT2D eigenvalue weighted by molar-refractivity contribution is 6.23. The number of hydrogen-bond acceptors (Lipinski definition) is 8. The molecule has 4 aliphatic rings. The van der Waals surface area contributed by atoms with Crippen molar-refractivity contribution in [2.75, 3.05) is 32.8 Å². The molecule has 0 radical (unpaired) electrons. The smallest absolute Gasteiger partial charge is 0.262 e. The lowest BCUT2D eigenvalue weighted by atomic mass is 9.92. The second kappa shape index (κ2) is 8.94. The van der Waals surface area contributed by atoms with Gasteiger partial charge in [-0.3, -0.25) is 29.4 Å². The summed E-state index contributed by atoms with van der Waals surface area (Å²) in [5.41, 5.74) is 1.23. The summed E-state index contributed by atoms with van der Waals surface area (Å²) in [4.78, 5) is 50.3. The Morgan fingerprint density at radius 3 is 2.67 bits per heavy atom. The van der Waals surface area contributed by atoms with Gasteiger partial charge in [-0.15, -0.1) is 0 Å². The summed E-state index contributed by atoms with van der Waals surface area (Å²) < 4.78 is 12.2. The Hall–Kier alpha value is -2.66. The predicted molar refractivity (Wildman–Crippen MR) is 115 cm³/mol. The van der Waals surface area contributed by atoms with E-state index in [1.54, 1.807) is 18.2 Å². The molecule has 176 valence electrons. The van der Waals surface area contributed by atoms with Gasteiger partial charge in [-0.25, -0.2) is 0 Å². The van der Waals surface area contributed by atoms with Gasteiger partial charge in [-0.05, 0) is 50.0 Å². The Morgan fingerprint density at radius 2 is 1.88 bits per heavy atom. The van der Waals surface area contributed by atoms with Crippen LogP contribution in [-0.2, 0) is 25.6 Å². The maximum Gasteiger partial charge on any atom is 0.262 e. The van der Waals surface area contributed by atoms with Gasteiger partial charge in [-0.2, -0.15) is 0 Å². The molecule has 3 saturated heterocycles. The van der Waals surface area contributed by atoms with E-state index in [2.05, 4.69) is 16.0 Å². The van der Waals surface area contributed by atoms with Crippen molar-refractivity contribution in [2.24, 2.45) is 0 Å². The van der Waals surface area contributed by atoms with Crippen molar-refractivity contribution >= 4 is 23.6 Å². The summed E-state index contributed by atoms with van der Waals surface area (Å²) in [6.45, 7) is 4.15. The molecule has 2 unspecified atom stereocenters. The largest absolute Gasteiger partial charge is 0.376 e. The number of imide groups is 2. The molecule has 5 rings (SSSR count). The van der Waals surface area contributed by atoms with E-state index >= 15 is 0 Å². The van der Waals surface area contributed by atoms with Crippen LogP contribution in [0.2, 0.25) is 0 Å². The summed E-state index contributed by atoms with van der Waals surface area (Å²) in [6.07, 6.45) is 2.08.